The van der Waals surface area contributed by atoms with Crippen molar-refractivity contribution in [3.63, 3.8) is 0 Å². The van der Waals surface area contributed by atoms with E-state index in [1.165, 1.54) is 16.8 Å². The summed E-state index contributed by atoms with van der Waals surface area (Å²) in [5, 5.41) is 0.843. The summed E-state index contributed by atoms with van der Waals surface area (Å²) in [7, 11) is 0. The minimum Gasteiger partial charge on any atom is -0.398 e. The van der Waals surface area contributed by atoms with E-state index in [1.807, 2.05) is 42.5 Å². The third-order valence-corrected chi connectivity index (χ3v) is 5.87. The predicted molar refractivity (Wildman–Crippen MR) is 123 cm³/mol. The first kappa shape index (κ1) is 19.7. The molecule has 0 radical (unpaired) electrons. The Balaban J connectivity index is 1.51. The molecule has 0 saturated carbocycles. The number of likely N-dealkylation sites (tertiary alicyclic amines) is 1. The number of benzene rings is 3. The second-order valence-corrected chi connectivity index (χ2v) is 7.91. The fourth-order valence-electron chi connectivity index (χ4n) is 3.87. The van der Waals surface area contributed by atoms with Crippen LogP contribution in [0.25, 0.3) is 0 Å². The highest BCUT2D eigenvalue weighted by atomic mass is 35.5. The minimum absolute atomic E-state index is 0.0532. The topological polar surface area (TPSA) is 41.6 Å². The van der Waals surface area contributed by atoms with E-state index >= 15 is 0 Å². The first-order chi connectivity index (χ1) is 14.2. The quantitative estimate of drug-likeness (QED) is 0.551. The minimum atomic E-state index is -0.0532. The Morgan fingerprint density at radius 2 is 1.52 bits per heavy atom. The molecule has 1 heterocycles. The Kier molecular flexibility index (Phi) is 6.28. The molecule has 148 valence electrons. The Labute approximate surface area is 177 Å². The van der Waals surface area contributed by atoms with Crippen LogP contribution in [0.1, 0.15) is 35.6 Å². The molecule has 0 aromatic heterocycles. The molecule has 4 rings (SSSR count). The third-order valence-electron chi connectivity index (χ3n) is 5.50. The second kappa shape index (κ2) is 9.25. The molecule has 29 heavy (non-hydrogen) atoms. The molecule has 1 saturated heterocycles. The number of aliphatic imine (C=N–C) groups is 1. The van der Waals surface area contributed by atoms with Gasteiger partial charge in [0.25, 0.3) is 0 Å². The summed E-state index contributed by atoms with van der Waals surface area (Å²) in [5.41, 5.74) is 11.8. The summed E-state index contributed by atoms with van der Waals surface area (Å²) < 4.78 is 0. The lowest BCUT2D eigenvalue weighted by Crippen LogP contribution is -2.33. The summed E-state index contributed by atoms with van der Waals surface area (Å²) >= 11 is 6.33. The standard InChI is InChI=1S/C25H26ClN3/c26-23-12-6-4-10-20(23)18-29-16-14-21(15-17-29)28-25(19-8-2-1-3-9-19)22-11-5-7-13-24(22)27/h1-13,25H,14-18,27H2. The van der Waals surface area contributed by atoms with Gasteiger partial charge in [0, 0.05) is 41.6 Å². The van der Waals surface area contributed by atoms with Gasteiger partial charge in [-0.1, -0.05) is 78.3 Å². The van der Waals surface area contributed by atoms with Crippen LogP contribution in [0.2, 0.25) is 5.02 Å². The molecule has 0 amide bonds. The first-order valence-electron chi connectivity index (χ1n) is 10.1. The lowest BCUT2D eigenvalue weighted by Gasteiger charge is -2.29. The van der Waals surface area contributed by atoms with Crippen molar-refractivity contribution < 1.29 is 0 Å². The van der Waals surface area contributed by atoms with Crippen LogP contribution in [-0.4, -0.2) is 23.7 Å². The van der Waals surface area contributed by atoms with Crippen LogP contribution in [0.15, 0.2) is 83.9 Å². The molecule has 3 nitrogen and oxygen atoms in total. The van der Waals surface area contributed by atoms with E-state index in [0.717, 1.165) is 48.7 Å². The van der Waals surface area contributed by atoms with E-state index in [4.69, 9.17) is 22.3 Å². The van der Waals surface area contributed by atoms with E-state index in [2.05, 4.69) is 41.3 Å². The van der Waals surface area contributed by atoms with Crippen LogP contribution in [0, 0.1) is 0 Å². The number of nitrogens with zero attached hydrogens (tertiary/aromatic N) is 2. The number of hydrogen-bond donors (Lipinski definition) is 1. The number of nitrogen functional groups attached to an aromatic ring is 1. The van der Waals surface area contributed by atoms with E-state index in [1.54, 1.807) is 0 Å². The zero-order valence-electron chi connectivity index (χ0n) is 16.5. The van der Waals surface area contributed by atoms with Gasteiger partial charge in [-0.3, -0.25) is 9.89 Å². The second-order valence-electron chi connectivity index (χ2n) is 7.51. The van der Waals surface area contributed by atoms with Crippen LogP contribution < -0.4 is 5.73 Å². The largest absolute Gasteiger partial charge is 0.398 e. The average molecular weight is 404 g/mol. The van der Waals surface area contributed by atoms with Crippen molar-refractivity contribution in [2.24, 2.45) is 4.99 Å². The van der Waals surface area contributed by atoms with E-state index < -0.39 is 0 Å². The Hall–Kier alpha value is -2.62. The highest BCUT2D eigenvalue weighted by molar-refractivity contribution is 6.31. The van der Waals surface area contributed by atoms with E-state index in [-0.39, 0.29) is 6.04 Å². The van der Waals surface area contributed by atoms with Gasteiger partial charge in [0.15, 0.2) is 0 Å². The van der Waals surface area contributed by atoms with Crippen molar-refractivity contribution >= 4 is 23.0 Å². The highest BCUT2D eigenvalue weighted by Crippen LogP contribution is 2.31. The molecule has 1 unspecified atom stereocenters. The molecule has 3 aromatic carbocycles. The van der Waals surface area contributed by atoms with Crippen molar-refractivity contribution in [2.75, 3.05) is 18.8 Å². The van der Waals surface area contributed by atoms with Gasteiger partial charge in [0.2, 0.25) is 0 Å². The number of piperidine rings is 1. The molecule has 4 heteroatoms. The van der Waals surface area contributed by atoms with Gasteiger partial charge in [-0.15, -0.1) is 0 Å². The molecule has 1 atom stereocenters. The molecule has 0 bridgehead atoms. The maximum atomic E-state index is 6.33. The van der Waals surface area contributed by atoms with E-state index in [0.29, 0.717) is 0 Å². The molecule has 2 N–H and O–H groups in total. The zero-order chi connectivity index (χ0) is 20.1. The van der Waals surface area contributed by atoms with Gasteiger partial charge in [-0.2, -0.15) is 0 Å². The predicted octanol–water partition coefficient (Wildman–Crippen LogP) is 5.75. The molecule has 1 fully saturated rings. The highest BCUT2D eigenvalue weighted by Gasteiger charge is 2.20. The van der Waals surface area contributed by atoms with Crippen molar-refractivity contribution in [3.05, 3.63) is 101 Å². The van der Waals surface area contributed by atoms with Crippen molar-refractivity contribution in [2.45, 2.75) is 25.4 Å². The smallest absolute Gasteiger partial charge is 0.102 e. The molecular formula is C25H26ClN3. The molecule has 0 aliphatic carbocycles. The summed E-state index contributed by atoms with van der Waals surface area (Å²) in [4.78, 5) is 7.63. The van der Waals surface area contributed by atoms with Gasteiger partial charge < -0.3 is 5.73 Å². The van der Waals surface area contributed by atoms with Crippen LogP contribution in [0.4, 0.5) is 5.69 Å². The monoisotopic (exact) mass is 403 g/mol. The summed E-state index contributed by atoms with van der Waals surface area (Å²) in [6, 6.07) is 26.5. The van der Waals surface area contributed by atoms with Gasteiger partial charge in [0.05, 0.1) is 0 Å². The van der Waals surface area contributed by atoms with Crippen LogP contribution >= 0.6 is 11.6 Å². The maximum absolute atomic E-state index is 6.33. The summed E-state index contributed by atoms with van der Waals surface area (Å²) in [5.74, 6) is 0. The maximum Gasteiger partial charge on any atom is 0.102 e. The lowest BCUT2D eigenvalue weighted by atomic mass is 9.97. The van der Waals surface area contributed by atoms with Gasteiger partial charge >= 0.3 is 0 Å². The SMILES string of the molecule is Nc1ccccc1C(N=C1CCN(Cc2ccccc2Cl)CC1)c1ccccc1. The van der Waals surface area contributed by atoms with E-state index in [9.17, 15) is 0 Å². The number of para-hydroxylation sites is 1. The molecular weight excluding hydrogens is 378 g/mol. The first-order valence-corrected chi connectivity index (χ1v) is 10.5. The van der Waals surface area contributed by atoms with Crippen molar-refractivity contribution in [1.29, 1.82) is 0 Å². The third kappa shape index (κ3) is 4.87. The average Bonchev–Trinajstić information content (AvgIpc) is 2.76. The number of hydrogen-bond acceptors (Lipinski definition) is 3. The van der Waals surface area contributed by atoms with Gasteiger partial charge in [-0.25, -0.2) is 0 Å². The Morgan fingerprint density at radius 1 is 0.862 bits per heavy atom. The summed E-state index contributed by atoms with van der Waals surface area (Å²) in [6.45, 7) is 2.88. The lowest BCUT2D eigenvalue weighted by molar-refractivity contribution is 0.266. The summed E-state index contributed by atoms with van der Waals surface area (Å²) in [6.07, 6.45) is 1.95. The Bertz CT molecular complexity index is 974. The fraction of sp³-hybridized carbons (Fsp3) is 0.240. The van der Waals surface area contributed by atoms with Crippen molar-refractivity contribution in [3.8, 4) is 0 Å². The van der Waals surface area contributed by atoms with Crippen LogP contribution in [0.5, 0.6) is 0 Å². The number of rotatable bonds is 5. The van der Waals surface area contributed by atoms with Crippen molar-refractivity contribution in [1.82, 2.24) is 4.90 Å². The Morgan fingerprint density at radius 3 is 2.24 bits per heavy atom. The van der Waals surface area contributed by atoms with Crippen LogP contribution in [0.3, 0.4) is 0 Å². The number of halogens is 1. The molecule has 1 aliphatic rings. The zero-order valence-corrected chi connectivity index (χ0v) is 17.2. The van der Waals surface area contributed by atoms with Crippen LogP contribution in [-0.2, 0) is 6.54 Å². The molecule has 0 spiro atoms. The normalized spacial score (nSPS) is 15.8. The number of nitrogens with two attached hydrogens (primary N) is 1. The fourth-order valence-corrected chi connectivity index (χ4v) is 4.06. The van der Waals surface area contributed by atoms with Gasteiger partial charge in [-0.05, 0) is 36.1 Å². The molecule has 1 aliphatic heterocycles. The molecule has 3 aromatic rings. The van der Waals surface area contributed by atoms with Gasteiger partial charge in [0.1, 0.15) is 6.04 Å². The number of anilines is 1.